The highest BCUT2D eigenvalue weighted by Gasteiger charge is 2.03. The first kappa shape index (κ1) is 11.6. The van der Waals surface area contributed by atoms with Crippen LogP contribution >= 0.6 is 23.2 Å². The van der Waals surface area contributed by atoms with Crippen LogP contribution in [0.2, 0.25) is 10.0 Å². The van der Waals surface area contributed by atoms with Crippen molar-refractivity contribution in [2.75, 3.05) is 0 Å². The van der Waals surface area contributed by atoms with Gasteiger partial charge in [0.05, 0.1) is 0 Å². The summed E-state index contributed by atoms with van der Waals surface area (Å²) < 4.78 is 0. The van der Waals surface area contributed by atoms with E-state index in [-0.39, 0.29) is 0 Å². The molecule has 2 heteroatoms. The molecule has 1 rings (SSSR count). The predicted molar refractivity (Wildman–Crippen MR) is 65.0 cm³/mol. The Kier molecular flexibility index (Phi) is 4.03. The molecule has 0 bridgehead atoms. The van der Waals surface area contributed by atoms with Gasteiger partial charge in [0.1, 0.15) is 0 Å². The number of benzene rings is 1. The van der Waals surface area contributed by atoms with E-state index >= 15 is 0 Å². The number of hydrogen-bond donors (Lipinski definition) is 0. The molecule has 0 saturated carbocycles. The molecular weight excluding hydrogens is 215 g/mol. The summed E-state index contributed by atoms with van der Waals surface area (Å²) in [5.74, 6) is 0.529. The van der Waals surface area contributed by atoms with Crippen LogP contribution in [-0.4, -0.2) is 0 Å². The Morgan fingerprint density at radius 2 is 1.93 bits per heavy atom. The van der Waals surface area contributed by atoms with Crippen molar-refractivity contribution in [3.8, 4) is 0 Å². The van der Waals surface area contributed by atoms with Gasteiger partial charge < -0.3 is 0 Å². The second kappa shape index (κ2) is 4.86. The van der Waals surface area contributed by atoms with Gasteiger partial charge >= 0.3 is 0 Å². The van der Waals surface area contributed by atoms with E-state index in [9.17, 15) is 0 Å². The molecule has 0 N–H and O–H groups in total. The molecule has 0 radical (unpaired) electrons. The van der Waals surface area contributed by atoms with Crippen molar-refractivity contribution in [1.29, 1.82) is 0 Å². The van der Waals surface area contributed by atoms with E-state index < -0.39 is 0 Å². The van der Waals surface area contributed by atoms with E-state index in [1.807, 2.05) is 12.1 Å². The van der Waals surface area contributed by atoms with Crippen molar-refractivity contribution in [2.24, 2.45) is 5.92 Å². The third-order valence-corrected chi connectivity index (χ3v) is 2.49. The highest BCUT2D eigenvalue weighted by Crippen LogP contribution is 2.27. The van der Waals surface area contributed by atoms with Crippen LogP contribution in [-0.2, 0) is 0 Å². The fraction of sp³-hybridized carbons (Fsp3) is 0.333. The maximum Gasteiger partial charge on any atom is 0.0495 e. The highest BCUT2D eigenvalue weighted by molar-refractivity contribution is 6.35. The van der Waals surface area contributed by atoms with Crippen LogP contribution in [0.4, 0.5) is 0 Å². The van der Waals surface area contributed by atoms with Gasteiger partial charge in [0.15, 0.2) is 0 Å². The Hall–Kier alpha value is -0.460. The quantitative estimate of drug-likeness (QED) is 0.665. The molecule has 0 atom stereocenters. The number of rotatable bonds is 2. The van der Waals surface area contributed by atoms with Crippen LogP contribution in [0.15, 0.2) is 24.3 Å². The molecule has 0 amide bonds. The van der Waals surface area contributed by atoms with Crippen LogP contribution in [0.1, 0.15) is 26.3 Å². The molecule has 0 aliphatic carbocycles. The lowest BCUT2D eigenvalue weighted by Gasteiger charge is -2.06. The van der Waals surface area contributed by atoms with Gasteiger partial charge in [-0.3, -0.25) is 0 Å². The number of hydrogen-bond acceptors (Lipinski definition) is 0. The first-order valence-electron chi connectivity index (χ1n) is 4.64. The van der Waals surface area contributed by atoms with E-state index in [2.05, 4.69) is 26.8 Å². The molecule has 0 saturated heterocycles. The number of allylic oxidation sites excluding steroid dienone is 2. The van der Waals surface area contributed by atoms with Crippen LogP contribution in [0.3, 0.4) is 0 Å². The summed E-state index contributed by atoms with van der Waals surface area (Å²) in [4.78, 5) is 0. The van der Waals surface area contributed by atoms with E-state index in [0.717, 1.165) is 5.56 Å². The molecule has 76 valence electrons. The lowest BCUT2D eigenvalue weighted by molar-refractivity contribution is 0.833. The first-order chi connectivity index (χ1) is 6.50. The van der Waals surface area contributed by atoms with Gasteiger partial charge in [-0.1, -0.05) is 49.2 Å². The van der Waals surface area contributed by atoms with Crippen LogP contribution in [0, 0.1) is 5.92 Å². The lowest BCUT2D eigenvalue weighted by atomic mass is 10.0. The zero-order valence-electron chi connectivity index (χ0n) is 8.64. The first-order valence-corrected chi connectivity index (χ1v) is 5.40. The van der Waals surface area contributed by atoms with E-state index in [1.54, 1.807) is 6.07 Å². The maximum atomic E-state index is 6.08. The van der Waals surface area contributed by atoms with Crippen LogP contribution in [0.25, 0.3) is 5.57 Å². The standard InChI is InChI=1S/C12H14Cl2/c1-8(2)6-9(3)11-5-4-10(13)7-12(11)14/h4-8H,1-3H3/b9-6-. The second-order valence-electron chi connectivity index (χ2n) is 3.72. The van der Waals surface area contributed by atoms with Gasteiger partial charge in [-0.05, 0) is 36.1 Å². The smallest absolute Gasteiger partial charge is 0.0495 e. The summed E-state index contributed by atoms with van der Waals surface area (Å²) in [7, 11) is 0. The fourth-order valence-electron chi connectivity index (χ4n) is 1.40. The van der Waals surface area contributed by atoms with Gasteiger partial charge in [0.25, 0.3) is 0 Å². The molecule has 14 heavy (non-hydrogen) atoms. The van der Waals surface area contributed by atoms with Gasteiger partial charge in [-0.15, -0.1) is 0 Å². The minimum atomic E-state index is 0.529. The Morgan fingerprint density at radius 3 is 2.43 bits per heavy atom. The largest absolute Gasteiger partial charge is 0.0843 e. The molecule has 0 unspecified atom stereocenters. The molecule has 0 aromatic heterocycles. The Balaban J connectivity index is 3.07. The summed E-state index contributed by atoms with van der Waals surface area (Å²) in [5.41, 5.74) is 2.26. The Bertz CT molecular complexity index is 351. The molecule has 0 spiro atoms. The van der Waals surface area contributed by atoms with E-state index in [0.29, 0.717) is 16.0 Å². The molecule has 1 aromatic carbocycles. The zero-order valence-corrected chi connectivity index (χ0v) is 10.2. The summed E-state index contributed by atoms with van der Waals surface area (Å²) in [6.45, 7) is 6.36. The van der Waals surface area contributed by atoms with Gasteiger partial charge in [-0.2, -0.15) is 0 Å². The summed E-state index contributed by atoms with van der Waals surface area (Å²) >= 11 is 11.9. The molecule has 0 fully saturated rings. The minimum Gasteiger partial charge on any atom is -0.0843 e. The van der Waals surface area contributed by atoms with E-state index in [4.69, 9.17) is 23.2 Å². The summed E-state index contributed by atoms with van der Waals surface area (Å²) in [5, 5.41) is 1.39. The van der Waals surface area contributed by atoms with Crippen molar-refractivity contribution in [1.82, 2.24) is 0 Å². The Labute approximate surface area is 95.5 Å². The van der Waals surface area contributed by atoms with Gasteiger partial charge in [0, 0.05) is 10.0 Å². The van der Waals surface area contributed by atoms with Crippen molar-refractivity contribution in [3.63, 3.8) is 0 Å². The molecule has 1 aromatic rings. The van der Waals surface area contributed by atoms with E-state index in [1.165, 1.54) is 5.57 Å². The molecule has 0 heterocycles. The predicted octanol–water partition coefficient (Wildman–Crippen LogP) is 5.05. The summed E-state index contributed by atoms with van der Waals surface area (Å²) in [6, 6.07) is 5.59. The Morgan fingerprint density at radius 1 is 1.29 bits per heavy atom. The zero-order chi connectivity index (χ0) is 10.7. The van der Waals surface area contributed by atoms with Crippen molar-refractivity contribution < 1.29 is 0 Å². The van der Waals surface area contributed by atoms with Gasteiger partial charge in [-0.25, -0.2) is 0 Å². The van der Waals surface area contributed by atoms with Crippen molar-refractivity contribution in [3.05, 3.63) is 39.9 Å². The number of halogens is 2. The monoisotopic (exact) mass is 228 g/mol. The minimum absolute atomic E-state index is 0.529. The maximum absolute atomic E-state index is 6.08. The SMILES string of the molecule is C/C(=C/C(C)C)c1ccc(Cl)cc1Cl. The highest BCUT2D eigenvalue weighted by atomic mass is 35.5. The van der Waals surface area contributed by atoms with Crippen molar-refractivity contribution >= 4 is 28.8 Å². The second-order valence-corrected chi connectivity index (χ2v) is 4.56. The van der Waals surface area contributed by atoms with Crippen molar-refractivity contribution in [2.45, 2.75) is 20.8 Å². The summed E-state index contributed by atoms with van der Waals surface area (Å²) in [6.07, 6.45) is 2.19. The fourth-order valence-corrected chi connectivity index (χ4v) is 1.96. The topological polar surface area (TPSA) is 0 Å². The molecule has 0 nitrogen and oxygen atoms in total. The third kappa shape index (κ3) is 3.04. The molecular formula is C12H14Cl2. The van der Waals surface area contributed by atoms with Gasteiger partial charge in [0.2, 0.25) is 0 Å². The molecule has 0 aliphatic rings. The van der Waals surface area contributed by atoms with Crippen LogP contribution < -0.4 is 0 Å². The van der Waals surface area contributed by atoms with Crippen LogP contribution in [0.5, 0.6) is 0 Å². The third-order valence-electron chi connectivity index (χ3n) is 1.94. The average molecular weight is 229 g/mol. The lowest BCUT2D eigenvalue weighted by Crippen LogP contribution is -1.86. The molecule has 0 aliphatic heterocycles. The normalized spacial score (nSPS) is 12.3. The average Bonchev–Trinajstić information content (AvgIpc) is 2.01.